The van der Waals surface area contributed by atoms with Crippen molar-refractivity contribution in [3.8, 4) is 5.88 Å². The van der Waals surface area contributed by atoms with E-state index in [1.807, 2.05) is 22.9 Å². The van der Waals surface area contributed by atoms with Crippen LogP contribution in [-0.4, -0.2) is 26.6 Å². The first-order chi connectivity index (χ1) is 10.2. The van der Waals surface area contributed by atoms with E-state index in [0.29, 0.717) is 18.3 Å². The molecule has 21 heavy (non-hydrogen) atoms. The lowest BCUT2D eigenvalue weighted by Crippen LogP contribution is -2.06. The van der Waals surface area contributed by atoms with Crippen LogP contribution in [0, 0.1) is 6.92 Å². The first-order valence-corrected chi connectivity index (χ1v) is 7.12. The molecule has 3 heterocycles. The number of pyridine rings is 2. The molecule has 0 saturated carbocycles. The van der Waals surface area contributed by atoms with Gasteiger partial charge in [-0.1, -0.05) is 0 Å². The van der Waals surface area contributed by atoms with Gasteiger partial charge in [0, 0.05) is 18.5 Å². The number of aromatic nitrogens is 4. The van der Waals surface area contributed by atoms with Gasteiger partial charge in [-0.3, -0.25) is 4.98 Å². The molecule has 0 aliphatic carbocycles. The fourth-order valence-corrected chi connectivity index (χ4v) is 2.45. The highest BCUT2D eigenvalue weighted by molar-refractivity contribution is 6.16. The lowest BCUT2D eigenvalue weighted by Gasteiger charge is -2.09. The van der Waals surface area contributed by atoms with Gasteiger partial charge in [-0.2, -0.15) is 4.98 Å². The summed E-state index contributed by atoms with van der Waals surface area (Å²) < 4.78 is 7.21. The molecule has 108 valence electrons. The Kier molecular flexibility index (Phi) is 3.75. The monoisotopic (exact) mass is 302 g/mol. The summed E-state index contributed by atoms with van der Waals surface area (Å²) in [5, 5.41) is 0. The Balaban J connectivity index is 2.13. The van der Waals surface area contributed by atoms with Crippen LogP contribution in [0.15, 0.2) is 30.6 Å². The van der Waals surface area contributed by atoms with Gasteiger partial charge in [-0.05, 0) is 30.2 Å². The summed E-state index contributed by atoms with van der Waals surface area (Å²) in [4.78, 5) is 13.2. The molecule has 5 nitrogen and oxygen atoms in total. The van der Waals surface area contributed by atoms with E-state index >= 15 is 0 Å². The molecule has 0 unspecified atom stereocenters. The Hall–Kier alpha value is -2.14. The molecule has 0 bridgehead atoms. The minimum absolute atomic E-state index is 0.331. The Morgan fingerprint density at radius 2 is 2.10 bits per heavy atom. The molecule has 0 saturated heterocycles. The molecule has 0 aromatic carbocycles. The molecule has 0 aliphatic heterocycles. The fraction of sp³-hybridized carbons (Fsp3) is 0.267. The third kappa shape index (κ3) is 2.56. The highest BCUT2D eigenvalue weighted by Crippen LogP contribution is 2.21. The van der Waals surface area contributed by atoms with Crippen molar-refractivity contribution in [2.24, 2.45) is 0 Å². The highest BCUT2D eigenvalue weighted by atomic mass is 35.5. The minimum atomic E-state index is 0.331. The number of aryl methyl sites for hydroxylation is 1. The molecule has 6 heteroatoms. The van der Waals surface area contributed by atoms with Crippen LogP contribution >= 0.6 is 11.6 Å². The van der Waals surface area contributed by atoms with Crippen molar-refractivity contribution in [2.45, 2.75) is 19.3 Å². The van der Waals surface area contributed by atoms with Crippen molar-refractivity contribution in [1.29, 1.82) is 0 Å². The largest absolute Gasteiger partial charge is 0.481 e. The van der Waals surface area contributed by atoms with Crippen molar-refractivity contribution in [2.75, 3.05) is 7.11 Å². The van der Waals surface area contributed by atoms with E-state index in [2.05, 4.69) is 21.9 Å². The molecule has 0 N–H and O–H groups in total. The van der Waals surface area contributed by atoms with E-state index in [0.717, 1.165) is 22.6 Å². The molecule has 0 amide bonds. The molecule has 0 spiro atoms. The smallest absolute Gasteiger partial charge is 0.215 e. The quantitative estimate of drug-likeness (QED) is 0.695. The maximum absolute atomic E-state index is 6.03. The lowest BCUT2D eigenvalue weighted by molar-refractivity contribution is 0.399. The fourth-order valence-electron chi connectivity index (χ4n) is 2.25. The number of imidazole rings is 1. The Labute approximate surface area is 127 Å². The molecule has 0 aliphatic rings. The standard InChI is InChI=1S/C15H15ClN4O/c1-10-5-6-17-8-11(10)9-20-13(7-16)18-12-3-4-14(21-2)19-15(12)20/h3-6,8H,7,9H2,1-2H3. The second-order valence-corrected chi connectivity index (χ2v) is 5.01. The molecular formula is C15H15ClN4O. The van der Waals surface area contributed by atoms with E-state index in [4.69, 9.17) is 16.3 Å². The van der Waals surface area contributed by atoms with Crippen LogP contribution in [-0.2, 0) is 12.4 Å². The van der Waals surface area contributed by atoms with Crippen LogP contribution in [0.4, 0.5) is 0 Å². The van der Waals surface area contributed by atoms with Gasteiger partial charge in [0.1, 0.15) is 11.3 Å². The van der Waals surface area contributed by atoms with Crippen LogP contribution in [0.2, 0.25) is 0 Å². The van der Waals surface area contributed by atoms with Crippen molar-refractivity contribution >= 4 is 22.8 Å². The number of halogens is 1. The van der Waals surface area contributed by atoms with Gasteiger partial charge in [0.05, 0.1) is 19.5 Å². The lowest BCUT2D eigenvalue weighted by atomic mass is 10.1. The maximum atomic E-state index is 6.03. The zero-order valence-electron chi connectivity index (χ0n) is 11.9. The average Bonchev–Trinajstić information content (AvgIpc) is 2.86. The number of nitrogens with zero attached hydrogens (tertiary/aromatic N) is 4. The number of rotatable bonds is 4. The molecule has 3 rings (SSSR count). The van der Waals surface area contributed by atoms with Gasteiger partial charge in [0.15, 0.2) is 5.65 Å². The van der Waals surface area contributed by atoms with Crippen LogP contribution in [0.25, 0.3) is 11.2 Å². The van der Waals surface area contributed by atoms with Crippen molar-refractivity contribution in [3.63, 3.8) is 0 Å². The zero-order valence-corrected chi connectivity index (χ0v) is 12.6. The summed E-state index contributed by atoms with van der Waals surface area (Å²) in [5.41, 5.74) is 3.88. The molecule has 0 atom stereocenters. The second-order valence-electron chi connectivity index (χ2n) is 4.75. The summed E-state index contributed by atoms with van der Waals surface area (Å²) in [6.45, 7) is 2.70. The van der Waals surface area contributed by atoms with Crippen molar-refractivity contribution < 1.29 is 4.74 Å². The molecular weight excluding hydrogens is 288 g/mol. The van der Waals surface area contributed by atoms with Crippen molar-refractivity contribution in [3.05, 3.63) is 47.5 Å². The third-order valence-corrected chi connectivity index (χ3v) is 3.69. The first kappa shape index (κ1) is 13.8. The van der Waals surface area contributed by atoms with Gasteiger partial charge < -0.3 is 9.30 Å². The topological polar surface area (TPSA) is 52.8 Å². The summed E-state index contributed by atoms with van der Waals surface area (Å²) in [6, 6.07) is 5.68. The van der Waals surface area contributed by atoms with E-state index in [1.165, 1.54) is 5.56 Å². The van der Waals surface area contributed by atoms with Gasteiger partial charge in [0.25, 0.3) is 0 Å². The number of methoxy groups -OCH3 is 1. The predicted molar refractivity (Wildman–Crippen MR) is 81.7 cm³/mol. The zero-order chi connectivity index (χ0) is 14.8. The van der Waals surface area contributed by atoms with Gasteiger partial charge >= 0.3 is 0 Å². The Morgan fingerprint density at radius 1 is 1.24 bits per heavy atom. The number of fused-ring (bicyclic) bond motifs is 1. The van der Waals surface area contributed by atoms with Crippen LogP contribution < -0.4 is 4.74 Å². The summed E-state index contributed by atoms with van der Waals surface area (Å²) in [6.07, 6.45) is 3.65. The normalized spacial score (nSPS) is 11.0. The number of hydrogen-bond acceptors (Lipinski definition) is 4. The number of hydrogen-bond donors (Lipinski definition) is 0. The Morgan fingerprint density at radius 3 is 2.81 bits per heavy atom. The molecule has 3 aromatic heterocycles. The predicted octanol–water partition coefficient (Wildman–Crippen LogP) is 2.93. The summed E-state index contributed by atoms with van der Waals surface area (Å²) >= 11 is 6.03. The highest BCUT2D eigenvalue weighted by Gasteiger charge is 2.13. The van der Waals surface area contributed by atoms with E-state index in [1.54, 1.807) is 19.4 Å². The average molecular weight is 303 g/mol. The number of alkyl halides is 1. The SMILES string of the molecule is COc1ccc2nc(CCl)n(Cc3cnccc3C)c2n1. The van der Waals surface area contributed by atoms with Crippen molar-refractivity contribution in [1.82, 2.24) is 19.5 Å². The Bertz CT molecular complexity index is 784. The number of ether oxygens (including phenoxy) is 1. The van der Waals surface area contributed by atoms with Gasteiger partial charge in [-0.25, -0.2) is 4.98 Å². The van der Waals surface area contributed by atoms with Crippen LogP contribution in [0.5, 0.6) is 5.88 Å². The molecule has 0 fully saturated rings. The van der Waals surface area contributed by atoms with Crippen LogP contribution in [0.3, 0.4) is 0 Å². The summed E-state index contributed by atoms with van der Waals surface area (Å²) in [5.74, 6) is 1.68. The maximum Gasteiger partial charge on any atom is 0.215 e. The molecule has 0 radical (unpaired) electrons. The second kappa shape index (κ2) is 5.69. The van der Waals surface area contributed by atoms with E-state index in [9.17, 15) is 0 Å². The minimum Gasteiger partial charge on any atom is -0.481 e. The first-order valence-electron chi connectivity index (χ1n) is 6.58. The third-order valence-electron chi connectivity index (χ3n) is 3.45. The van der Waals surface area contributed by atoms with Gasteiger partial charge in [0.2, 0.25) is 5.88 Å². The molecule has 3 aromatic rings. The van der Waals surface area contributed by atoms with Crippen LogP contribution in [0.1, 0.15) is 17.0 Å². The van der Waals surface area contributed by atoms with Gasteiger partial charge in [-0.15, -0.1) is 11.6 Å². The van der Waals surface area contributed by atoms with E-state index in [-0.39, 0.29) is 0 Å². The van der Waals surface area contributed by atoms with E-state index < -0.39 is 0 Å². The summed E-state index contributed by atoms with van der Waals surface area (Å²) in [7, 11) is 1.60.